The van der Waals surface area contributed by atoms with E-state index in [1.54, 1.807) is 6.20 Å². The number of benzene rings is 1. The van der Waals surface area contributed by atoms with E-state index in [0.717, 1.165) is 34.6 Å². The maximum Gasteiger partial charge on any atom is 0.268 e. The Bertz CT molecular complexity index is 1160. The molecule has 0 bridgehead atoms. The van der Waals surface area contributed by atoms with Crippen LogP contribution in [0.25, 0.3) is 20.7 Å². The van der Waals surface area contributed by atoms with Gasteiger partial charge in [-0.2, -0.15) is 5.10 Å². The fraction of sp³-hybridized carbons (Fsp3) is 0.250. The summed E-state index contributed by atoms with van der Waals surface area (Å²) in [5, 5.41) is 10.5. The zero-order valence-corrected chi connectivity index (χ0v) is 15.6. The number of nitrogens with one attached hydrogen (secondary N) is 3. The number of hydrogen-bond acceptors (Lipinski definition) is 5. The molecule has 1 aliphatic rings. The lowest BCUT2D eigenvalue weighted by Crippen LogP contribution is -2.23. The molecule has 0 amide bonds. The smallest absolute Gasteiger partial charge is 0.268 e. The highest BCUT2D eigenvalue weighted by Gasteiger charge is 2.31. The average molecular weight is 377 g/mol. The summed E-state index contributed by atoms with van der Waals surface area (Å²) >= 11 is 1.46. The summed E-state index contributed by atoms with van der Waals surface area (Å²) in [5.74, 6) is 1.02. The van der Waals surface area contributed by atoms with E-state index in [4.69, 9.17) is 4.98 Å². The third kappa shape index (κ3) is 2.79. The molecule has 1 aromatic carbocycles. The molecule has 6 nitrogen and oxygen atoms in total. The Hall–Kier alpha value is -2.77. The lowest BCUT2D eigenvalue weighted by atomic mass is 9.91. The molecule has 1 aliphatic heterocycles. The van der Waals surface area contributed by atoms with Crippen molar-refractivity contribution in [2.24, 2.45) is 0 Å². The van der Waals surface area contributed by atoms with E-state index in [0.29, 0.717) is 16.4 Å². The monoisotopic (exact) mass is 377 g/mol. The van der Waals surface area contributed by atoms with Crippen molar-refractivity contribution in [2.45, 2.75) is 25.3 Å². The van der Waals surface area contributed by atoms with Crippen molar-refractivity contribution in [3.05, 3.63) is 70.0 Å². The Morgan fingerprint density at radius 1 is 1.22 bits per heavy atom. The molecule has 3 aromatic heterocycles. The largest absolute Gasteiger partial charge is 0.308 e. The summed E-state index contributed by atoms with van der Waals surface area (Å²) in [7, 11) is 0. The van der Waals surface area contributed by atoms with Gasteiger partial charge in [-0.05, 0) is 31.5 Å². The van der Waals surface area contributed by atoms with Gasteiger partial charge in [0.05, 0.1) is 17.8 Å². The Labute approximate surface area is 159 Å². The Balaban J connectivity index is 1.58. The molecule has 0 spiro atoms. The lowest BCUT2D eigenvalue weighted by Gasteiger charge is -2.19. The maximum atomic E-state index is 12.7. The van der Waals surface area contributed by atoms with E-state index in [1.165, 1.54) is 16.9 Å². The number of fused-ring (bicyclic) bond motifs is 1. The Kier molecular flexibility index (Phi) is 3.91. The van der Waals surface area contributed by atoms with Gasteiger partial charge in [0.15, 0.2) is 0 Å². The predicted octanol–water partition coefficient (Wildman–Crippen LogP) is 3.50. The first kappa shape index (κ1) is 16.4. The molecule has 1 saturated heterocycles. The van der Waals surface area contributed by atoms with Crippen molar-refractivity contribution < 1.29 is 0 Å². The van der Waals surface area contributed by atoms with Gasteiger partial charge < -0.3 is 10.3 Å². The van der Waals surface area contributed by atoms with Crippen molar-refractivity contribution >= 4 is 21.6 Å². The summed E-state index contributed by atoms with van der Waals surface area (Å²) in [6.07, 6.45) is 2.82. The van der Waals surface area contributed by atoms with Gasteiger partial charge in [-0.15, -0.1) is 11.3 Å². The zero-order chi connectivity index (χ0) is 18.4. The SMILES string of the molecule is Cc1[nH]ncc1-c1cc2nc([C@H]3NCCC3c3ccccc3)[nH]c(=O)c2s1. The van der Waals surface area contributed by atoms with Crippen LogP contribution < -0.4 is 10.9 Å². The van der Waals surface area contributed by atoms with Crippen molar-refractivity contribution in [2.75, 3.05) is 6.54 Å². The molecule has 0 radical (unpaired) electrons. The minimum atomic E-state index is -0.0760. The number of hydrogen-bond donors (Lipinski definition) is 3. The molecule has 3 N–H and O–H groups in total. The van der Waals surface area contributed by atoms with Crippen molar-refractivity contribution in [3.8, 4) is 10.4 Å². The molecular weight excluding hydrogens is 358 g/mol. The molecule has 2 atom stereocenters. The van der Waals surface area contributed by atoms with Crippen LogP contribution in [0.3, 0.4) is 0 Å². The van der Waals surface area contributed by atoms with E-state index < -0.39 is 0 Å². The first-order valence-corrected chi connectivity index (χ1v) is 9.85. The number of nitrogens with zero attached hydrogens (tertiary/aromatic N) is 2. The maximum absolute atomic E-state index is 12.7. The van der Waals surface area contributed by atoms with E-state index in [9.17, 15) is 4.79 Å². The Morgan fingerprint density at radius 2 is 2.07 bits per heavy atom. The number of rotatable bonds is 3. The average Bonchev–Trinajstić information content (AvgIpc) is 3.41. The van der Waals surface area contributed by atoms with E-state index in [-0.39, 0.29) is 11.6 Å². The molecule has 7 heteroatoms. The Morgan fingerprint density at radius 3 is 2.85 bits per heavy atom. The van der Waals surface area contributed by atoms with Gasteiger partial charge >= 0.3 is 0 Å². The van der Waals surface area contributed by atoms with Crippen LogP contribution in [0.4, 0.5) is 0 Å². The molecule has 0 aliphatic carbocycles. The summed E-state index contributed by atoms with van der Waals surface area (Å²) in [6.45, 7) is 2.89. The fourth-order valence-electron chi connectivity index (χ4n) is 3.89. The normalized spacial score (nSPS) is 19.7. The highest BCUT2D eigenvalue weighted by molar-refractivity contribution is 7.22. The van der Waals surface area contributed by atoms with E-state index >= 15 is 0 Å². The van der Waals surface area contributed by atoms with E-state index in [2.05, 4.69) is 44.8 Å². The second-order valence-corrected chi connectivity index (χ2v) is 7.97. The van der Waals surface area contributed by atoms with Gasteiger partial charge in [-0.25, -0.2) is 4.98 Å². The van der Waals surface area contributed by atoms with Crippen LogP contribution in [0.1, 0.15) is 35.5 Å². The van der Waals surface area contributed by atoms with Crippen molar-refractivity contribution in [1.82, 2.24) is 25.5 Å². The molecule has 5 rings (SSSR count). The summed E-state index contributed by atoms with van der Waals surface area (Å²) in [4.78, 5) is 21.6. The molecule has 0 saturated carbocycles. The standard InChI is InChI=1S/C20H19N5OS/c1-11-14(10-22-25-11)16-9-15-18(27-16)20(26)24-19(23-15)17-13(7-8-21-17)12-5-3-2-4-6-12/h2-6,9-10,13,17,21H,7-8H2,1H3,(H,22,25)(H,23,24,26)/t13?,17-/m0/s1. The minimum absolute atomic E-state index is 0.0171. The number of aromatic amines is 2. The van der Waals surface area contributed by atoms with Crippen LogP contribution in [-0.2, 0) is 0 Å². The quantitative estimate of drug-likeness (QED) is 0.510. The number of aryl methyl sites for hydroxylation is 1. The number of thiophene rings is 1. The van der Waals surface area contributed by atoms with Crippen LogP contribution in [0.5, 0.6) is 0 Å². The molecular formula is C20H19N5OS. The second kappa shape index (κ2) is 6.44. The molecule has 27 heavy (non-hydrogen) atoms. The molecule has 136 valence electrons. The summed E-state index contributed by atoms with van der Waals surface area (Å²) in [6, 6.07) is 12.4. The molecule has 1 fully saturated rings. The van der Waals surface area contributed by atoms with Gasteiger partial charge in [0.25, 0.3) is 5.56 Å². The molecule has 4 aromatic rings. The topological polar surface area (TPSA) is 86.5 Å². The highest BCUT2D eigenvalue weighted by atomic mass is 32.1. The van der Waals surface area contributed by atoms with Crippen LogP contribution in [0, 0.1) is 6.92 Å². The number of H-pyrrole nitrogens is 2. The molecule has 1 unspecified atom stereocenters. The van der Waals surface area contributed by atoms with Gasteiger partial charge in [0.2, 0.25) is 0 Å². The summed E-state index contributed by atoms with van der Waals surface area (Å²) in [5.41, 5.74) is 3.94. The van der Waals surface area contributed by atoms with Crippen LogP contribution in [-0.4, -0.2) is 26.7 Å². The van der Waals surface area contributed by atoms with Gasteiger partial charge in [0, 0.05) is 22.1 Å². The minimum Gasteiger partial charge on any atom is -0.308 e. The third-order valence-corrected chi connectivity index (χ3v) is 6.40. The fourth-order valence-corrected chi connectivity index (χ4v) is 4.95. The lowest BCUT2D eigenvalue weighted by molar-refractivity contribution is 0.546. The van der Waals surface area contributed by atoms with Crippen LogP contribution in [0.15, 0.2) is 47.4 Å². The van der Waals surface area contributed by atoms with Crippen LogP contribution >= 0.6 is 11.3 Å². The van der Waals surface area contributed by atoms with E-state index in [1.807, 2.05) is 19.1 Å². The molecule has 4 heterocycles. The zero-order valence-electron chi connectivity index (χ0n) is 14.8. The van der Waals surface area contributed by atoms with Gasteiger partial charge in [-0.3, -0.25) is 9.89 Å². The van der Waals surface area contributed by atoms with Gasteiger partial charge in [-0.1, -0.05) is 30.3 Å². The van der Waals surface area contributed by atoms with Crippen LogP contribution in [0.2, 0.25) is 0 Å². The first-order chi connectivity index (χ1) is 13.2. The third-order valence-electron chi connectivity index (χ3n) is 5.24. The number of aromatic nitrogens is 4. The van der Waals surface area contributed by atoms with Crippen molar-refractivity contribution in [1.29, 1.82) is 0 Å². The predicted molar refractivity (Wildman–Crippen MR) is 107 cm³/mol. The second-order valence-electron chi connectivity index (χ2n) is 6.92. The van der Waals surface area contributed by atoms with Gasteiger partial charge in [0.1, 0.15) is 10.5 Å². The highest BCUT2D eigenvalue weighted by Crippen LogP contribution is 2.37. The summed E-state index contributed by atoms with van der Waals surface area (Å²) < 4.78 is 0.656. The van der Waals surface area contributed by atoms with Crippen molar-refractivity contribution in [3.63, 3.8) is 0 Å². The first-order valence-electron chi connectivity index (χ1n) is 9.03.